The van der Waals surface area contributed by atoms with E-state index in [1.54, 1.807) is 0 Å². The molecular weight excluding hydrogens is 252 g/mol. The lowest BCUT2D eigenvalue weighted by Gasteiger charge is -2.27. The average molecular weight is 274 g/mol. The largest absolute Gasteiger partial charge is 0.487 e. The van der Waals surface area contributed by atoms with Gasteiger partial charge in [0.25, 0.3) is 0 Å². The second kappa shape index (κ2) is 5.47. The molecule has 1 aliphatic heterocycles. The molecule has 1 fully saturated rings. The third-order valence-electron chi connectivity index (χ3n) is 3.44. The molecule has 1 N–H and O–H groups in total. The number of aliphatic hydroxyl groups excluding tert-OH is 1. The fourth-order valence-corrected chi connectivity index (χ4v) is 2.62. The van der Waals surface area contributed by atoms with E-state index in [0.29, 0.717) is 0 Å². The van der Waals surface area contributed by atoms with Gasteiger partial charge in [0.15, 0.2) is 0 Å². The molecular formula is C17H22O3. The summed E-state index contributed by atoms with van der Waals surface area (Å²) >= 11 is 0. The van der Waals surface area contributed by atoms with E-state index in [-0.39, 0.29) is 23.9 Å². The highest BCUT2D eigenvalue weighted by Crippen LogP contribution is 2.39. The second-order valence-electron chi connectivity index (χ2n) is 6.26. The van der Waals surface area contributed by atoms with Gasteiger partial charge >= 0.3 is 0 Å². The van der Waals surface area contributed by atoms with Gasteiger partial charge in [-0.1, -0.05) is 11.8 Å². The van der Waals surface area contributed by atoms with Crippen LogP contribution in [0, 0.1) is 11.8 Å². The van der Waals surface area contributed by atoms with Crippen molar-refractivity contribution in [2.45, 2.75) is 51.4 Å². The topological polar surface area (TPSA) is 38.7 Å². The normalized spacial score (nSPS) is 22.9. The van der Waals surface area contributed by atoms with Gasteiger partial charge in [0, 0.05) is 12.0 Å². The van der Waals surface area contributed by atoms with Gasteiger partial charge in [-0.2, -0.15) is 0 Å². The van der Waals surface area contributed by atoms with Crippen molar-refractivity contribution in [2.24, 2.45) is 0 Å². The summed E-state index contributed by atoms with van der Waals surface area (Å²) in [4.78, 5) is 0. The molecule has 1 heterocycles. The fourth-order valence-electron chi connectivity index (χ4n) is 2.62. The van der Waals surface area contributed by atoms with Crippen molar-refractivity contribution in [1.82, 2.24) is 0 Å². The van der Waals surface area contributed by atoms with Gasteiger partial charge in [-0.05, 0) is 52.0 Å². The zero-order valence-corrected chi connectivity index (χ0v) is 12.6. The molecule has 3 heteroatoms. The molecule has 1 aliphatic rings. The molecule has 0 radical (unpaired) electrons. The van der Waals surface area contributed by atoms with Crippen LogP contribution in [-0.2, 0) is 4.74 Å². The molecule has 108 valence electrons. The van der Waals surface area contributed by atoms with Crippen LogP contribution in [0.1, 0.15) is 39.7 Å². The van der Waals surface area contributed by atoms with E-state index in [4.69, 9.17) is 14.6 Å². The molecule has 0 bridgehead atoms. The quantitative estimate of drug-likeness (QED) is 0.843. The molecule has 2 rings (SSSR count). The molecule has 0 aromatic heterocycles. The summed E-state index contributed by atoms with van der Waals surface area (Å²) in [6, 6.07) is 7.60. The smallest absolute Gasteiger partial charge is 0.130 e. The number of hydrogen-bond donors (Lipinski definition) is 1. The van der Waals surface area contributed by atoms with Crippen molar-refractivity contribution in [3.05, 3.63) is 29.8 Å². The maximum absolute atomic E-state index is 8.67. The zero-order chi connectivity index (χ0) is 14.8. The van der Waals surface area contributed by atoms with Crippen molar-refractivity contribution in [3.8, 4) is 17.6 Å². The minimum absolute atomic E-state index is 0.0341. The molecule has 1 atom stereocenters. The Labute approximate surface area is 120 Å². The Balaban J connectivity index is 2.07. The summed E-state index contributed by atoms with van der Waals surface area (Å²) < 4.78 is 12.1. The summed E-state index contributed by atoms with van der Waals surface area (Å²) in [6.45, 7) is 8.18. The van der Waals surface area contributed by atoms with Crippen LogP contribution >= 0.6 is 0 Å². The SMILES string of the molecule is CC1(C)CC(Oc2ccc(C#CCO)cc2)C(C)(C)O1. The molecule has 0 saturated carbocycles. The Bertz CT molecular complexity index is 517. The predicted molar refractivity (Wildman–Crippen MR) is 78.7 cm³/mol. The van der Waals surface area contributed by atoms with Crippen molar-refractivity contribution in [2.75, 3.05) is 6.61 Å². The minimum Gasteiger partial charge on any atom is -0.487 e. The first-order valence-corrected chi connectivity index (χ1v) is 6.89. The molecule has 1 unspecified atom stereocenters. The minimum atomic E-state index is -0.293. The first-order chi connectivity index (χ1) is 9.32. The molecule has 1 aromatic carbocycles. The maximum Gasteiger partial charge on any atom is 0.130 e. The Morgan fingerprint density at radius 1 is 1.25 bits per heavy atom. The van der Waals surface area contributed by atoms with Crippen LogP contribution in [0.4, 0.5) is 0 Å². The lowest BCUT2D eigenvalue weighted by Crippen LogP contribution is -2.36. The highest BCUT2D eigenvalue weighted by molar-refractivity contribution is 5.38. The zero-order valence-electron chi connectivity index (χ0n) is 12.6. The lowest BCUT2D eigenvalue weighted by molar-refractivity contribution is -0.0846. The van der Waals surface area contributed by atoms with Gasteiger partial charge in [-0.15, -0.1) is 0 Å². The summed E-state index contributed by atoms with van der Waals surface area (Å²) in [5, 5.41) is 8.67. The first kappa shape index (κ1) is 14.9. The van der Waals surface area contributed by atoms with Crippen LogP contribution in [0.25, 0.3) is 0 Å². The monoisotopic (exact) mass is 274 g/mol. The number of ether oxygens (including phenoxy) is 2. The average Bonchev–Trinajstić information content (AvgIpc) is 2.56. The Hall–Kier alpha value is -1.50. The van der Waals surface area contributed by atoms with Gasteiger partial charge in [0.1, 0.15) is 24.1 Å². The highest BCUT2D eigenvalue weighted by Gasteiger charge is 2.47. The number of benzene rings is 1. The van der Waals surface area contributed by atoms with E-state index in [1.807, 2.05) is 24.3 Å². The van der Waals surface area contributed by atoms with E-state index in [0.717, 1.165) is 17.7 Å². The standard InChI is InChI=1S/C17H22O3/c1-16(2)12-15(17(3,4)20-16)19-14-9-7-13(8-10-14)6-5-11-18/h7-10,15,18H,11-12H2,1-4H3. The maximum atomic E-state index is 8.67. The van der Waals surface area contributed by atoms with Gasteiger partial charge < -0.3 is 14.6 Å². The molecule has 0 amide bonds. The molecule has 3 nitrogen and oxygen atoms in total. The summed E-state index contributed by atoms with van der Waals surface area (Å²) in [5.74, 6) is 6.31. The first-order valence-electron chi connectivity index (χ1n) is 6.89. The van der Waals surface area contributed by atoms with E-state index in [2.05, 4.69) is 39.5 Å². The van der Waals surface area contributed by atoms with E-state index in [9.17, 15) is 0 Å². The Morgan fingerprint density at radius 2 is 1.90 bits per heavy atom. The van der Waals surface area contributed by atoms with Gasteiger partial charge in [-0.3, -0.25) is 0 Å². The summed E-state index contributed by atoms with van der Waals surface area (Å²) in [5.41, 5.74) is 0.424. The summed E-state index contributed by atoms with van der Waals surface area (Å²) in [6.07, 6.45) is 0.901. The van der Waals surface area contributed by atoms with Crippen LogP contribution in [0.5, 0.6) is 5.75 Å². The van der Waals surface area contributed by atoms with E-state index in [1.165, 1.54) is 0 Å². The third kappa shape index (κ3) is 3.53. The van der Waals surface area contributed by atoms with Crippen LogP contribution in [0.3, 0.4) is 0 Å². The van der Waals surface area contributed by atoms with Crippen molar-refractivity contribution in [1.29, 1.82) is 0 Å². The fraction of sp³-hybridized carbons (Fsp3) is 0.529. The summed E-state index contributed by atoms with van der Waals surface area (Å²) in [7, 11) is 0. The van der Waals surface area contributed by atoms with E-state index >= 15 is 0 Å². The van der Waals surface area contributed by atoms with Crippen LogP contribution in [0.15, 0.2) is 24.3 Å². The lowest BCUT2D eigenvalue weighted by atomic mass is 9.97. The molecule has 20 heavy (non-hydrogen) atoms. The molecule has 0 aliphatic carbocycles. The third-order valence-corrected chi connectivity index (χ3v) is 3.44. The van der Waals surface area contributed by atoms with Gasteiger partial charge in [-0.25, -0.2) is 0 Å². The molecule has 1 saturated heterocycles. The molecule has 1 aromatic rings. The van der Waals surface area contributed by atoms with Crippen LogP contribution < -0.4 is 4.74 Å². The van der Waals surface area contributed by atoms with Crippen molar-refractivity contribution >= 4 is 0 Å². The van der Waals surface area contributed by atoms with Gasteiger partial charge in [0.05, 0.1) is 5.60 Å². The van der Waals surface area contributed by atoms with Crippen LogP contribution in [0.2, 0.25) is 0 Å². The Kier molecular flexibility index (Phi) is 4.08. The number of rotatable bonds is 2. The molecule has 0 spiro atoms. The predicted octanol–water partition coefficient (Wildman–Crippen LogP) is 2.76. The van der Waals surface area contributed by atoms with Crippen molar-refractivity contribution < 1.29 is 14.6 Å². The van der Waals surface area contributed by atoms with E-state index < -0.39 is 0 Å². The number of hydrogen-bond acceptors (Lipinski definition) is 3. The number of aliphatic hydroxyl groups is 1. The van der Waals surface area contributed by atoms with Crippen LogP contribution in [-0.4, -0.2) is 29.0 Å². The second-order valence-corrected chi connectivity index (χ2v) is 6.26. The van der Waals surface area contributed by atoms with Gasteiger partial charge in [0.2, 0.25) is 0 Å². The Morgan fingerprint density at radius 3 is 2.40 bits per heavy atom. The highest BCUT2D eigenvalue weighted by atomic mass is 16.6. The van der Waals surface area contributed by atoms with Crippen molar-refractivity contribution in [3.63, 3.8) is 0 Å².